The van der Waals surface area contributed by atoms with Crippen LogP contribution in [0.3, 0.4) is 0 Å². The maximum absolute atomic E-state index is 14.4. The third kappa shape index (κ3) is 3.60. The van der Waals surface area contributed by atoms with E-state index in [0.29, 0.717) is 11.4 Å². The number of hydrogen-bond acceptors (Lipinski definition) is 3. The number of aromatic nitrogens is 4. The molecular formula is C18H20FN5O. The van der Waals surface area contributed by atoms with Crippen molar-refractivity contribution < 1.29 is 9.18 Å². The number of hydrogen-bond donors (Lipinski definition) is 2. The molecule has 0 aliphatic rings. The van der Waals surface area contributed by atoms with E-state index in [4.69, 9.17) is 0 Å². The van der Waals surface area contributed by atoms with Crippen LogP contribution in [0.25, 0.3) is 5.69 Å². The Hall–Kier alpha value is -2.96. The summed E-state index contributed by atoms with van der Waals surface area (Å²) in [5.41, 5.74) is 3.55. The Morgan fingerprint density at radius 1 is 1.28 bits per heavy atom. The summed E-state index contributed by atoms with van der Waals surface area (Å²) in [5.74, 6) is -0.838. The predicted molar refractivity (Wildman–Crippen MR) is 93.5 cm³/mol. The van der Waals surface area contributed by atoms with Crippen molar-refractivity contribution in [2.75, 3.05) is 5.32 Å². The summed E-state index contributed by atoms with van der Waals surface area (Å²) in [6.45, 7) is 5.76. The molecule has 2 aromatic heterocycles. The molecule has 7 heteroatoms. The summed E-state index contributed by atoms with van der Waals surface area (Å²) in [7, 11) is 0. The van der Waals surface area contributed by atoms with Crippen LogP contribution in [0.15, 0.2) is 30.3 Å². The second-order valence-electron chi connectivity index (χ2n) is 5.99. The lowest BCUT2D eigenvalue weighted by molar-refractivity contribution is 0.102. The first-order valence-corrected chi connectivity index (χ1v) is 8.16. The number of nitrogens with zero attached hydrogens (tertiary/aromatic N) is 3. The Morgan fingerprint density at radius 2 is 2.08 bits per heavy atom. The van der Waals surface area contributed by atoms with Crippen LogP contribution < -0.4 is 5.32 Å². The Kier molecular flexibility index (Phi) is 4.65. The summed E-state index contributed by atoms with van der Waals surface area (Å²) in [5, 5.41) is 13.8. The number of carbonyl (C=O) groups excluding carboxylic acids is 1. The van der Waals surface area contributed by atoms with E-state index in [1.807, 2.05) is 26.8 Å². The van der Waals surface area contributed by atoms with E-state index in [-0.39, 0.29) is 11.6 Å². The molecule has 2 N–H and O–H groups in total. The van der Waals surface area contributed by atoms with Crippen LogP contribution in [0.5, 0.6) is 0 Å². The van der Waals surface area contributed by atoms with Crippen LogP contribution in [-0.2, 0) is 6.42 Å². The Balaban J connectivity index is 1.78. The van der Waals surface area contributed by atoms with Crippen molar-refractivity contribution in [2.24, 2.45) is 0 Å². The predicted octanol–water partition coefficient (Wildman–Crippen LogP) is 3.56. The molecule has 1 aromatic carbocycles. The number of H-pyrrole nitrogens is 1. The quantitative estimate of drug-likeness (QED) is 0.745. The van der Waals surface area contributed by atoms with Crippen LogP contribution in [0.4, 0.5) is 10.1 Å². The number of anilines is 1. The molecule has 130 valence electrons. The van der Waals surface area contributed by atoms with Crippen molar-refractivity contribution in [3.63, 3.8) is 0 Å². The van der Waals surface area contributed by atoms with Gasteiger partial charge in [0.2, 0.25) is 0 Å². The van der Waals surface area contributed by atoms with Gasteiger partial charge in [-0.2, -0.15) is 10.2 Å². The minimum absolute atomic E-state index is 0.284. The molecule has 3 rings (SSSR count). The molecule has 0 unspecified atom stereocenters. The largest absolute Gasteiger partial charge is 0.320 e. The zero-order chi connectivity index (χ0) is 18.0. The van der Waals surface area contributed by atoms with Crippen molar-refractivity contribution >= 4 is 11.6 Å². The highest BCUT2D eigenvalue weighted by Gasteiger charge is 2.13. The zero-order valence-corrected chi connectivity index (χ0v) is 14.4. The average Bonchev–Trinajstić information content (AvgIpc) is 3.14. The van der Waals surface area contributed by atoms with Gasteiger partial charge in [0.05, 0.1) is 5.69 Å². The van der Waals surface area contributed by atoms with Gasteiger partial charge in [-0.25, -0.2) is 9.07 Å². The molecule has 0 aliphatic carbocycles. The monoisotopic (exact) mass is 341 g/mol. The summed E-state index contributed by atoms with van der Waals surface area (Å²) in [6, 6.07) is 8.10. The average molecular weight is 341 g/mol. The van der Waals surface area contributed by atoms with E-state index in [9.17, 15) is 9.18 Å². The van der Waals surface area contributed by atoms with Crippen molar-refractivity contribution in [3.05, 3.63) is 58.9 Å². The molecule has 3 aromatic rings. The van der Waals surface area contributed by atoms with Gasteiger partial charge in [0.1, 0.15) is 5.69 Å². The number of amides is 1. The van der Waals surface area contributed by atoms with Crippen LogP contribution in [-0.4, -0.2) is 25.9 Å². The van der Waals surface area contributed by atoms with Crippen LogP contribution >= 0.6 is 0 Å². The topological polar surface area (TPSA) is 75.6 Å². The summed E-state index contributed by atoms with van der Waals surface area (Å²) in [6.07, 6.45) is 1.79. The third-order valence-corrected chi connectivity index (χ3v) is 3.83. The van der Waals surface area contributed by atoms with Crippen LogP contribution in [0.1, 0.15) is 40.9 Å². The lowest BCUT2D eigenvalue weighted by Gasteiger charge is -2.08. The van der Waals surface area contributed by atoms with Gasteiger partial charge in [0.25, 0.3) is 5.91 Å². The first-order chi connectivity index (χ1) is 12.0. The molecule has 1 amide bonds. The Bertz CT molecular complexity index is 912. The highest BCUT2D eigenvalue weighted by molar-refractivity contribution is 6.02. The van der Waals surface area contributed by atoms with Crippen molar-refractivity contribution in [2.45, 2.75) is 33.6 Å². The minimum Gasteiger partial charge on any atom is -0.320 e. The number of rotatable bonds is 5. The van der Waals surface area contributed by atoms with Crippen molar-refractivity contribution in [1.29, 1.82) is 0 Å². The summed E-state index contributed by atoms with van der Waals surface area (Å²) < 4.78 is 16.0. The molecule has 2 heterocycles. The molecule has 0 fully saturated rings. The van der Waals surface area contributed by atoms with Gasteiger partial charge >= 0.3 is 0 Å². The molecule has 0 spiro atoms. The number of aromatic amines is 1. The van der Waals surface area contributed by atoms with E-state index >= 15 is 0 Å². The number of carbonyl (C=O) groups is 1. The zero-order valence-electron chi connectivity index (χ0n) is 14.4. The van der Waals surface area contributed by atoms with E-state index in [2.05, 4.69) is 20.6 Å². The van der Waals surface area contributed by atoms with E-state index < -0.39 is 5.82 Å². The molecule has 25 heavy (non-hydrogen) atoms. The number of halogens is 1. The van der Waals surface area contributed by atoms with E-state index in [0.717, 1.165) is 29.9 Å². The molecule has 0 aliphatic heterocycles. The van der Waals surface area contributed by atoms with Crippen molar-refractivity contribution in [1.82, 2.24) is 20.0 Å². The second-order valence-corrected chi connectivity index (χ2v) is 5.99. The van der Waals surface area contributed by atoms with Gasteiger partial charge in [-0.3, -0.25) is 9.89 Å². The molecule has 6 nitrogen and oxygen atoms in total. The highest BCUT2D eigenvalue weighted by Crippen LogP contribution is 2.20. The maximum atomic E-state index is 14.4. The smallest absolute Gasteiger partial charge is 0.276 e. The van der Waals surface area contributed by atoms with Gasteiger partial charge in [-0.05, 0) is 50.6 Å². The molecule has 0 saturated heterocycles. The second kappa shape index (κ2) is 6.88. The van der Waals surface area contributed by atoms with Crippen LogP contribution in [0, 0.1) is 19.7 Å². The SMILES string of the molecule is CCCc1cc(C(=O)Nc2ccc(-n3nc(C)cc3C)c(F)c2)n[nH]1. The summed E-state index contributed by atoms with van der Waals surface area (Å²) in [4.78, 5) is 12.2. The van der Waals surface area contributed by atoms with Gasteiger partial charge in [0.15, 0.2) is 11.5 Å². The maximum Gasteiger partial charge on any atom is 0.276 e. The first kappa shape index (κ1) is 16.9. The molecular weight excluding hydrogens is 321 g/mol. The normalized spacial score (nSPS) is 10.9. The number of aryl methyl sites for hydroxylation is 3. The standard InChI is InChI=1S/C18H20FN5O/c1-4-5-14-10-16(22-21-14)18(25)20-13-6-7-17(15(19)9-13)24-12(3)8-11(2)23-24/h6-10H,4-5H2,1-3H3,(H,20,25)(H,21,22). The molecule has 0 atom stereocenters. The van der Waals surface area contributed by atoms with Crippen LogP contribution in [0.2, 0.25) is 0 Å². The van der Waals surface area contributed by atoms with E-state index in [1.165, 1.54) is 6.07 Å². The number of nitrogens with one attached hydrogen (secondary N) is 2. The van der Waals surface area contributed by atoms with Gasteiger partial charge in [-0.1, -0.05) is 13.3 Å². The molecule has 0 saturated carbocycles. The summed E-state index contributed by atoms with van der Waals surface area (Å²) >= 11 is 0. The Morgan fingerprint density at radius 3 is 2.72 bits per heavy atom. The van der Waals surface area contributed by atoms with Crippen molar-refractivity contribution in [3.8, 4) is 5.69 Å². The lowest BCUT2D eigenvalue weighted by Crippen LogP contribution is -2.13. The molecule has 0 radical (unpaired) electrons. The number of benzene rings is 1. The lowest BCUT2D eigenvalue weighted by atomic mass is 10.2. The Labute approximate surface area is 145 Å². The third-order valence-electron chi connectivity index (χ3n) is 3.83. The highest BCUT2D eigenvalue weighted by atomic mass is 19.1. The minimum atomic E-state index is -0.460. The van der Waals surface area contributed by atoms with Gasteiger partial charge < -0.3 is 5.32 Å². The fraction of sp³-hybridized carbons (Fsp3) is 0.278. The van der Waals surface area contributed by atoms with Gasteiger partial charge in [-0.15, -0.1) is 0 Å². The van der Waals surface area contributed by atoms with Gasteiger partial charge in [0, 0.05) is 17.1 Å². The first-order valence-electron chi connectivity index (χ1n) is 8.16. The fourth-order valence-electron chi connectivity index (χ4n) is 2.70. The van der Waals surface area contributed by atoms with E-state index in [1.54, 1.807) is 22.9 Å². The fourth-order valence-corrected chi connectivity index (χ4v) is 2.70. The molecule has 0 bridgehead atoms.